The van der Waals surface area contributed by atoms with Gasteiger partial charge in [-0.3, -0.25) is 9.59 Å². The molecule has 1 aliphatic heterocycles. The summed E-state index contributed by atoms with van der Waals surface area (Å²) in [7, 11) is 3.14. The molecule has 1 unspecified atom stereocenters. The molecule has 36 heavy (non-hydrogen) atoms. The summed E-state index contributed by atoms with van der Waals surface area (Å²) in [5.41, 5.74) is 2.52. The van der Waals surface area contributed by atoms with Gasteiger partial charge < -0.3 is 24.3 Å². The van der Waals surface area contributed by atoms with Crippen LogP contribution >= 0.6 is 0 Å². The van der Waals surface area contributed by atoms with E-state index in [1.165, 1.54) is 0 Å². The van der Waals surface area contributed by atoms with Crippen LogP contribution in [0.2, 0.25) is 0 Å². The quantitative estimate of drug-likeness (QED) is 0.451. The minimum Gasteiger partial charge on any atom is -0.497 e. The van der Waals surface area contributed by atoms with Crippen molar-refractivity contribution in [3.63, 3.8) is 0 Å². The zero-order valence-electron chi connectivity index (χ0n) is 21.9. The number of methoxy groups -OCH3 is 2. The van der Waals surface area contributed by atoms with E-state index in [0.29, 0.717) is 48.9 Å². The average Bonchev–Trinajstić information content (AvgIpc) is 3.35. The molecule has 1 atom stereocenters. The number of benzene rings is 2. The van der Waals surface area contributed by atoms with Crippen LogP contribution in [0.5, 0.6) is 11.5 Å². The number of carbonyl (C=O) groups excluding carboxylic acids is 2. The number of ether oxygens (including phenoxy) is 2. The Hall–Kier alpha value is -3.48. The summed E-state index contributed by atoms with van der Waals surface area (Å²) in [5, 5.41) is 1.09. The number of nitrogens with zero attached hydrogens (tertiary/aromatic N) is 2. The molecule has 1 fully saturated rings. The van der Waals surface area contributed by atoms with E-state index < -0.39 is 0 Å². The number of piperidine rings is 1. The molecule has 2 heterocycles. The Morgan fingerprint density at radius 1 is 1.00 bits per heavy atom. The van der Waals surface area contributed by atoms with E-state index in [2.05, 4.69) is 31.8 Å². The van der Waals surface area contributed by atoms with Gasteiger partial charge in [0.15, 0.2) is 0 Å². The van der Waals surface area contributed by atoms with Gasteiger partial charge in [-0.15, -0.1) is 0 Å². The third-order valence-corrected chi connectivity index (χ3v) is 7.04. The second-order valence-electron chi connectivity index (χ2n) is 10.1. The van der Waals surface area contributed by atoms with E-state index in [9.17, 15) is 9.59 Å². The van der Waals surface area contributed by atoms with Crippen LogP contribution in [0.25, 0.3) is 10.9 Å². The Bertz CT molecular complexity index is 1190. The van der Waals surface area contributed by atoms with Crippen LogP contribution in [0.4, 0.5) is 5.69 Å². The summed E-state index contributed by atoms with van der Waals surface area (Å²) in [6.45, 7) is 7.59. The Morgan fingerprint density at radius 3 is 2.28 bits per heavy atom. The number of anilines is 1. The number of aromatic nitrogens is 1. The number of likely N-dealkylation sites (tertiary alicyclic amines) is 1. The fourth-order valence-electron chi connectivity index (χ4n) is 5.22. The van der Waals surface area contributed by atoms with Crippen LogP contribution in [-0.4, -0.2) is 55.0 Å². The fraction of sp³-hybridized carbons (Fsp3) is 0.448. The fourth-order valence-corrected chi connectivity index (χ4v) is 5.22. The number of carbonyl (C=O) groups is 2. The second-order valence-corrected chi connectivity index (χ2v) is 10.1. The van der Waals surface area contributed by atoms with Crippen LogP contribution in [-0.2, 0) is 4.79 Å². The minimum absolute atomic E-state index is 0.0685. The van der Waals surface area contributed by atoms with Gasteiger partial charge in [-0.25, -0.2) is 0 Å². The van der Waals surface area contributed by atoms with Gasteiger partial charge in [-0.2, -0.15) is 0 Å². The molecule has 1 saturated heterocycles. The van der Waals surface area contributed by atoms with Crippen molar-refractivity contribution < 1.29 is 19.1 Å². The van der Waals surface area contributed by atoms with E-state index in [1.807, 2.05) is 34.2 Å². The Labute approximate surface area is 213 Å². The van der Waals surface area contributed by atoms with E-state index in [1.54, 1.807) is 32.4 Å². The molecule has 0 aliphatic carbocycles. The first-order valence-corrected chi connectivity index (χ1v) is 12.7. The molecule has 4 rings (SSSR count). The van der Waals surface area contributed by atoms with E-state index >= 15 is 0 Å². The van der Waals surface area contributed by atoms with Crippen molar-refractivity contribution in [2.24, 2.45) is 11.8 Å². The third kappa shape index (κ3) is 5.50. The maximum Gasteiger partial charge on any atom is 0.254 e. The topological polar surface area (TPSA) is 74.9 Å². The highest BCUT2D eigenvalue weighted by atomic mass is 16.5. The van der Waals surface area contributed by atoms with Gasteiger partial charge in [0.05, 0.1) is 14.2 Å². The number of amides is 2. The van der Waals surface area contributed by atoms with Gasteiger partial charge in [-0.1, -0.05) is 13.8 Å². The molecule has 1 aromatic heterocycles. The molecule has 192 valence electrons. The summed E-state index contributed by atoms with van der Waals surface area (Å²) in [4.78, 5) is 34.1. The van der Waals surface area contributed by atoms with Gasteiger partial charge in [0.1, 0.15) is 11.5 Å². The van der Waals surface area contributed by atoms with Gasteiger partial charge in [0.25, 0.3) is 5.91 Å². The third-order valence-electron chi connectivity index (χ3n) is 7.04. The molecule has 7 heteroatoms. The Morgan fingerprint density at radius 2 is 1.67 bits per heavy atom. The molecule has 0 spiro atoms. The van der Waals surface area contributed by atoms with E-state index in [-0.39, 0.29) is 23.8 Å². The molecule has 3 aromatic rings. The van der Waals surface area contributed by atoms with E-state index in [0.717, 1.165) is 23.0 Å². The standard InChI is InChI=1S/C29H37N3O4/c1-19(2)14-20(3)32(24-6-7-27-22(15-24)8-11-30-27)29(34)21-9-12-31(13-10-21)28(33)23-16-25(35-4)18-26(17-23)36-5/h6-8,11,15-21,30H,9-10,12-14H2,1-5H3. The minimum atomic E-state index is -0.120. The molecule has 2 amide bonds. The first-order chi connectivity index (χ1) is 17.3. The molecule has 1 N–H and O–H groups in total. The zero-order chi connectivity index (χ0) is 25.8. The maximum atomic E-state index is 13.9. The van der Waals surface area contributed by atoms with Crippen LogP contribution in [0.1, 0.15) is 50.4 Å². The van der Waals surface area contributed by atoms with Crippen molar-refractivity contribution >= 4 is 28.4 Å². The van der Waals surface area contributed by atoms with Gasteiger partial charge in [-0.05, 0) is 68.5 Å². The number of rotatable bonds is 8. The predicted molar refractivity (Wildman–Crippen MR) is 143 cm³/mol. The molecule has 0 radical (unpaired) electrons. The number of nitrogens with one attached hydrogen (secondary N) is 1. The lowest BCUT2D eigenvalue weighted by molar-refractivity contribution is -0.124. The number of aromatic amines is 1. The average molecular weight is 492 g/mol. The van der Waals surface area contributed by atoms with Crippen molar-refractivity contribution in [3.05, 3.63) is 54.2 Å². The number of hydrogen-bond acceptors (Lipinski definition) is 4. The molecule has 7 nitrogen and oxygen atoms in total. The Kier molecular flexibility index (Phi) is 7.87. The second kappa shape index (κ2) is 11.1. The molecular formula is C29H37N3O4. The number of hydrogen-bond donors (Lipinski definition) is 1. The normalized spacial score (nSPS) is 15.2. The summed E-state index contributed by atoms with van der Waals surface area (Å²) in [6.07, 6.45) is 4.13. The highest BCUT2D eigenvalue weighted by Gasteiger charge is 2.33. The van der Waals surface area contributed by atoms with Crippen molar-refractivity contribution in [3.8, 4) is 11.5 Å². The van der Waals surface area contributed by atoms with Crippen LogP contribution in [0, 0.1) is 11.8 Å². The molecular weight excluding hydrogens is 454 g/mol. The predicted octanol–water partition coefficient (Wildman–Crippen LogP) is 5.51. The summed E-state index contributed by atoms with van der Waals surface area (Å²) >= 11 is 0. The zero-order valence-corrected chi connectivity index (χ0v) is 21.9. The summed E-state index contributed by atoms with van der Waals surface area (Å²) < 4.78 is 10.6. The molecule has 2 aromatic carbocycles. The van der Waals surface area contributed by atoms with Crippen molar-refractivity contribution in [1.29, 1.82) is 0 Å². The largest absolute Gasteiger partial charge is 0.497 e. The smallest absolute Gasteiger partial charge is 0.254 e. The van der Waals surface area contributed by atoms with Crippen LogP contribution in [0.3, 0.4) is 0 Å². The molecule has 1 aliphatic rings. The van der Waals surface area contributed by atoms with E-state index in [4.69, 9.17) is 9.47 Å². The SMILES string of the molecule is COc1cc(OC)cc(C(=O)N2CCC(C(=O)N(c3ccc4[nH]ccc4c3)C(C)CC(C)C)CC2)c1. The highest BCUT2D eigenvalue weighted by molar-refractivity contribution is 5.98. The lowest BCUT2D eigenvalue weighted by atomic mass is 9.92. The van der Waals surface area contributed by atoms with Gasteiger partial charge >= 0.3 is 0 Å². The number of H-pyrrole nitrogens is 1. The van der Waals surface area contributed by atoms with Crippen LogP contribution in [0.15, 0.2) is 48.7 Å². The monoisotopic (exact) mass is 491 g/mol. The first kappa shape index (κ1) is 25.6. The maximum absolute atomic E-state index is 13.9. The lowest BCUT2D eigenvalue weighted by Crippen LogP contribution is -2.47. The van der Waals surface area contributed by atoms with Gasteiger partial charge in [0.2, 0.25) is 5.91 Å². The molecule has 0 saturated carbocycles. The summed E-state index contributed by atoms with van der Waals surface area (Å²) in [6, 6.07) is 13.5. The first-order valence-electron chi connectivity index (χ1n) is 12.7. The Balaban J connectivity index is 1.50. The molecule has 0 bridgehead atoms. The summed E-state index contributed by atoms with van der Waals surface area (Å²) in [5.74, 6) is 1.60. The van der Waals surface area contributed by atoms with Crippen LogP contribution < -0.4 is 14.4 Å². The number of fused-ring (bicyclic) bond motifs is 1. The van der Waals surface area contributed by atoms with Crippen molar-refractivity contribution in [2.75, 3.05) is 32.2 Å². The van der Waals surface area contributed by atoms with Crippen molar-refractivity contribution in [2.45, 2.75) is 46.1 Å². The highest BCUT2D eigenvalue weighted by Crippen LogP contribution is 2.30. The lowest BCUT2D eigenvalue weighted by Gasteiger charge is -2.37. The van der Waals surface area contributed by atoms with Crippen molar-refractivity contribution in [1.82, 2.24) is 9.88 Å². The van der Waals surface area contributed by atoms with Gasteiger partial charge in [0, 0.05) is 59.5 Å².